The van der Waals surface area contributed by atoms with Crippen LogP contribution in [0.15, 0.2) is 41.1 Å². The van der Waals surface area contributed by atoms with Crippen molar-refractivity contribution in [2.24, 2.45) is 0 Å². The summed E-state index contributed by atoms with van der Waals surface area (Å²) in [6.07, 6.45) is 3.23. The molecule has 2 rings (SSSR count). The zero-order valence-corrected chi connectivity index (χ0v) is 9.86. The Labute approximate surface area is 100 Å². The molecule has 0 saturated heterocycles. The van der Waals surface area contributed by atoms with Gasteiger partial charge in [0.15, 0.2) is 0 Å². The Morgan fingerprint density at radius 1 is 1.20 bits per heavy atom. The highest BCUT2D eigenvalue weighted by atomic mass is 79.9. The molecule has 1 aromatic heterocycles. The summed E-state index contributed by atoms with van der Waals surface area (Å²) in [5.41, 5.74) is 0. The zero-order chi connectivity index (χ0) is 10.7. The minimum Gasteiger partial charge on any atom is -0.424 e. The van der Waals surface area contributed by atoms with Gasteiger partial charge >= 0.3 is 6.01 Å². The van der Waals surface area contributed by atoms with Crippen LogP contribution in [0.3, 0.4) is 0 Å². The fourth-order valence-electron chi connectivity index (χ4n) is 0.984. The lowest BCUT2D eigenvalue weighted by Crippen LogP contribution is -1.89. The standard InChI is InChI=1S/C10H6BrClN2O/c11-8-3-2-7(6-9(8)12)15-10-13-4-1-5-14-10/h1-6H. The second kappa shape index (κ2) is 4.59. The van der Waals surface area contributed by atoms with Crippen LogP contribution in [-0.2, 0) is 0 Å². The number of ether oxygens (including phenoxy) is 1. The molecule has 0 radical (unpaired) electrons. The minimum atomic E-state index is 0.302. The van der Waals surface area contributed by atoms with Gasteiger partial charge < -0.3 is 4.74 Å². The van der Waals surface area contributed by atoms with E-state index in [9.17, 15) is 0 Å². The first-order chi connectivity index (χ1) is 7.25. The lowest BCUT2D eigenvalue weighted by Gasteiger charge is -2.03. The largest absolute Gasteiger partial charge is 0.424 e. The van der Waals surface area contributed by atoms with E-state index in [0.717, 1.165) is 4.47 Å². The summed E-state index contributed by atoms with van der Waals surface area (Å²) in [6, 6.07) is 7.31. The van der Waals surface area contributed by atoms with Crippen LogP contribution in [0.2, 0.25) is 5.02 Å². The number of halogens is 2. The lowest BCUT2D eigenvalue weighted by atomic mass is 10.3. The molecule has 0 unspecified atom stereocenters. The number of hydrogen-bond donors (Lipinski definition) is 0. The van der Waals surface area contributed by atoms with Gasteiger partial charge in [-0.1, -0.05) is 11.6 Å². The Morgan fingerprint density at radius 2 is 1.93 bits per heavy atom. The van der Waals surface area contributed by atoms with Gasteiger partial charge in [-0.2, -0.15) is 0 Å². The van der Waals surface area contributed by atoms with E-state index in [2.05, 4.69) is 25.9 Å². The molecule has 0 spiro atoms. The van der Waals surface area contributed by atoms with E-state index < -0.39 is 0 Å². The lowest BCUT2D eigenvalue weighted by molar-refractivity contribution is 0.441. The van der Waals surface area contributed by atoms with E-state index >= 15 is 0 Å². The van der Waals surface area contributed by atoms with Gasteiger partial charge in [-0.3, -0.25) is 0 Å². The smallest absolute Gasteiger partial charge is 0.321 e. The van der Waals surface area contributed by atoms with E-state index in [1.807, 2.05) is 0 Å². The van der Waals surface area contributed by atoms with Gasteiger partial charge in [0.2, 0.25) is 0 Å². The molecule has 0 aliphatic rings. The van der Waals surface area contributed by atoms with Crippen molar-refractivity contribution in [3.63, 3.8) is 0 Å². The fourth-order valence-corrected chi connectivity index (χ4v) is 1.40. The zero-order valence-electron chi connectivity index (χ0n) is 7.52. The molecule has 0 aliphatic heterocycles. The monoisotopic (exact) mass is 284 g/mol. The molecule has 0 aliphatic carbocycles. The highest BCUT2D eigenvalue weighted by Gasteiger charge is 2.02. The average molecular weight is 286 g/mol. The molecule has 3 nitrogen and oxygen atoms in total. The average Bonchev–Trinajstić information content (AvgIpc) is 2.25. The van der Waals surface area contributed by atoms with Crippen molar-refractivity contribution in [2.45, 2.75) is 0 Å². The molecule has 0 fully saturated rings. The predicted molar refractivity (Wildman–Crippen MR) is 61.3 cm³/mol. The molecular weight excluding hydrogens is 279 g/mol. The van der Waals surface area contributed by atoms with Crippen molar-refractivity contribution in [1.29, 1.82) is 0 Å². The van der Waals surface area contributed by atoms with Gasteiger partial charge in [-0.05, 0) is 34.1 Å². The second-order valence-corrected chi connectivity index (χ2v) is 3.97. The van der Waals surface area contributed by atoms with Crippen molar-refractivity contribution in [3.8, 4) is 11.8 Å². The molecule has 5 heteroatoms. The van der Waals surface area contributed by atoms with Gasteiger partial charge in [-0.25, -0.2) is 9.97 Å². The van der Waals surface area contributed by atoms with Crippen LogP contribution in [0.1, 0.15) is 0 Å². The maximum absolute atomic E-state index is 5.91. The SMILES string of the molecule is Clc1cc(Oc2ncccn2)ccc1Br. The first-order valence-corrected chi connectivity index (χ1v) is 5.33. The summed E-state index contributed by atoms with van der Waals surface area (Å²) in [5, 5.41) is 0.587. The first kappa shape index (κ1) is 10.4. The maximum Gasteiger partial charge on any atom is 0.321 e. The van der Waals surface area contributed by atoms with E-state index in [4.69, 9.17) is 16.3 Å². The maximum atomic E-state index is 5.91. The normalized spacial score (nSPS) is 10.0. The van der Waals surface area contributed by atoms with Crippen molar-refractivity contribution in [3.05, 3.63) is 46.2 Å². The summed E-state index contributed by atoms with van der Waals surface area (Å²) in [4.78, 5) is 7.88. The van der Waals surface area contributed by atoms with Crippen molar-refractivity contribution >= 4 is 27.5 Å². The van der Waals surface area contributed by atoms with Gasteiger partial charge in [0.05, 0.1) is 5.02 Å². The van der Waals surface area contributed by atoms with Crippen LogP contribution in [-0.4, -0.2) is 9.97 Å². The number of benzene rings is 1. The Balaban J connectivity index is 2.22. The van der Waals surface area contributed by atoms with Gasteiger partial charge in [0, 0.05) is 22.9 Å². The Morgan fingerprint density at radius 3 is 2.60 bits per heavy atom. The quantitative estimate of drug-likeness (QED) is 0.844. The Bertz CT molecular complexity index is 464. The molecule has 0 saturated carbocycles. The molecule has 0 N–H and O–H groups in total. The molecule has 1 heterocycles. The Hall–Kier alpha value is -1.13. The van der Waals surface area contributed by atoms with E-state index in [-0.39, 0.29) is 0 Å². The molecular formula is C10H6BrClN2O. The summed E-state index contributed by atoms with van der Waals surface area (Å²) < 4.78 is 6.21. The van der Waals surface area contributed by atoms with Crippen LogP contribution in [0.25, 0.3) is 0 Å². The third kappa shape index (κ3) is 2.67. The summed E-state index contributed by atoms with van der Waals surface area (Å²) in [7, 11) is 0. The molecule has 15 heavy (non-hydrogen) atoms. The Kier molecular flexibility index (Phi) is 3.18. The highest BCUT2D eigenvalue weighted by Crippen LogP contribution is 2.28. The second-order valence-electron chi connectivity index (χ2n) is 2.71. The first-order valence-electron chi connectivity index (χ1n) is 4.15. The minimum absolute atomic E-state index is 0.302. The van der Waals surface area contributed by atoms with Crippen molar-refractivity contribution in [1.82, 2.24) is 9.97 Å². The summed E-state index contributed by atoms with van der Waals surface area (Å²) in [5.74, 6) is 0.606. The predicted octanol–water partition coefficient (Wildman–Crippen LogP) is 3.68. The van der Waals surface area contributed by atoms with Crippen molar-refractivity contribution < 1.29 is 4.74 Å². The van der Waals surface area contributed by atoms with Crippen LogP contribution >= 0.6 is 27.5 Å². The molecule has 0 bridgehead atoms. The van der Waals surface area contributed by atoms with Crippen LogP contribution < -0.4 is 4.74 Å². The number of hydrogen-bond acceptors (Lipinski definition) is 3. The summed E-state index contributed by atoms with van der Waals surface area (Å²) >= 11 is 9.21. The van der Waals surface area contributed by atoms with Gasteiger partial charge in [-0.15, -0.1) is 0 Å². The molecule has 0 amide bonds. The fraction of sp³-hybridized carbons (Fsp3) is 0. The molecule has 76 valence electrons. The number of rotatable bonds is 2. The summed E-state index contributed by atoms with van der Waals surface area (Å²) in [6.45, 7) is 0. The number of aromatic nitrogens is 2. The highest BCUT2D eigenvalue weighted by molar-refractivity contribution is 9.10. The van der Waals surface area contributed by atoms with Gasteiger partial charge in [0.1, 0.15) is 5.75 Å². The third-order valence-corrected chi connectivity index (χ3v) is 2.87. The third-order valence-electron chi connectivity index (χ3n) is 1.64. The molecule has 1 aromatic carbocycles. The topological polar surface area (TPSA) is 35.0 Å². The van der Waals surface area contributed by atoms with Gasteiger partial charge in [0.25, 0.3) is 0 Å². The van der Waals surface area contributed by atoms with Crippen molar-refractivity contribution in [2.75, 3.05) is 0 Å². The molecule has 2 aromatic rings. The van der Waals surface area contributed by atoms with E-state index in [0.29, 0.717) is 16.8 Å². The van der Waals surface area contributed by atoms with E-state index in [1.54, 1.807) is 36.7 Å². The van der Waals surface area contributed by atoms with Crippen LogP contribution in [0, 0.1) is 0 Å². The molecule has 0 atom stereocenters. The van der Waals surface area contributed by atoms with Crippen LogP contribution in [0.5, 0.6) is 11.8 Å². The van der Waals surface area contributed by atoms with Crippen LogP contribution in [0.4, 0.5) is 0 Å². The number of nitrogens with zero attached hydrogens (tertiary/aromatic N) is 2. The van der Waals surface area contributed by atoms with E-state index in [1.165, 1.54) is 0 Å².